The maximum absolute atomic E-state index is 11.6. The van der Waals surface area contributed by atoms with Gasteiger partial charge in [0.2, 0.25) is 5.91 Å². The minimum absolute atomic E-state index is 0.0810. The van der Waals surface area contributed by atoms with Crippen LogP contribution in [0.5, 0.6) is 0 Å². The SMILES string of the molecule is CCCCCCC(O)CCCCCCC=C[C@H](O)[C@@H]1C=C(NC(C)=O)C(=O)O1. The molecule has 0 bridgehead atoms. The Morgan fingerprint density at radius 1 is 1.14 bits per heavy atom. The molecule has 0 spiro atoms. The molecule has 0 aromatic heterocycles. The summed E-state index contributed by atoms with van der Waals surface area (Å²) in [4.78, 5) is 22.6. The van der Waals surface area contributed by atoms with Gasteiger partial charge in [0, 0.05) is 6.92 Å². The van der Waals surface area contributed by atoms with Crippen molar-refractivity contribution >= 4 is 11.9 Å². The lowest BCUT2D eigenvalue weighted by atomic mass is 10.0. The molecule has 6 heteroatoms. The lowest BCUT2D eigenvalue weighted by molar-refractivity contribution is -0.143. The predicted octanol–water partition coefficient (Wildman–Crippen LogP) is 3.52. The fourth-order valence-corrected chi connectivity index (χ4v) is 3.20. The van der Waals surface area contributed by atoms with E-state index in [0.29, 0.717) is 0 Å². The van der Waals surface area contributed by atoms with Gasteiger partial charge >= 0.3 is 5.97 Å². The van der Waals surface area contributed by atoms with Crippen LogP contribution in [0.2, 0.25) is 0 Å². The number of ether oxygens (including phenoxy) is 1. The first-order valence-electron chi connectivity index (χ1n) is 10.7. The molecule has 1 amide bonds. The molecule has 0 aromatic rings. The molecule has 0 aromatic carbocycles. The van der Waals surface area contributed by atoms with Gasteiger partial charge in [-0.3, -0.25) is 4.79 Å². The average Bonchev–Trinajstić information content (AvgIpc) is 3.00. The van der Waals surface area contributed by atoms with Crippen LogP contribution in [0.1, 0.15) is 84.5 Å². The van der Waals surface area contributed by atoms with E-state index in [9.17, 15) is 19.8 Å². The van der Waals surface area contributed by atoms with E-state index in [1.54, 1.807) is 6.08 Å². The summed E-state index contributed by atoms with van der Waals surface area (Å²) in [7, 11) is 0. The third kappa shape index (κ3) is 10.6. The van der Waals surface area contributed by atoms with Gasteiger partial charge in [0.05, 0.1) is 6.10 Å². The van der Waals surface area contributed by atoms with E-state index >= 15 is 0 Å². The zero-order valence-electron chi connectivity index (χ0n) is 17.4. The minimum Gasteiger partial charge on any atom is -0.450 e. The van der Waals surface area contributed by atoms with Crippen LogP contribution in [0.4, 0.5) is 0 Å². The summed E-state index contributed by atoms with van der Waals surface area (Å²) in [5, 5.41) is 22.4. The standard InChI is InChI=1S/C22H37NO5/c1-3-4-5-10-13-18(25)14-11-8-6-7-9-12-15-20(26)21-16-19(22(27)28-21)23-17(2)24/h12,15-16,18,20-21,25-26H,3-11,13-14H2,1-2H3,(H,23,24)/t18?,20-,21-/m0/s1. The van der Waals surface area contributed by atoms with E-state index in [-0.39, 0.29) is 17.7 Å². The second-order valence-corrected chi connectivity index (χ2v) is 7.54. The first-order valence-corrected chi connectivity index (χ1v) is 10.7. The van der Waals surface area contributed by atoms with Gasteiger partial charge in [-0.25, -0.2) is 4.79 Å². The molecule has 160 valence electrons. The summed E-state index contributed by atoms with van der Waals surface area (Å²) in [6, 6.07) is 0. The molecule has 1 rings (SSSR count). The fourth-order valence-electron chi connectivity index (χ4n) is 3.20. The molecular formula is C22H37NO5. The zero-order chi connectivity index (χ0) is 20.8. The van der Waals surface area contributed by atoms with Gasteiger partial charge in [-0.15, -0.1) is 0 Å². The highest BCUT2D eigenvalue weighted by Crippen LogP contribution is 2.16. The summed E-state index contributed by atoms with van der Waals surface area (Å²) in [5.74, 6) is -0.974. The maximum Gasteiger partial charge on any atom is 0.355 e. The normalized spacial score (nSPS) is 18.8. The van der Waals surface area contributed by atoms with Crippen molar-refractivity contribution in [3.63, 3.8) is 0 Å². The van der Waals surface area contributed by atoms with Crippen molar-refractivity contribution in [2.24, 2.45) is 0 Å². The molecule has 0 saturated carbocycles. The number of allylic oxidation sites excluding steroid dienone is 1. The molecule has 3 atom stereocenters. The molecule has 1 heterocycles. The molecule has 6 nitrogen and oxygen atoms in total. The van der Waals surface area contributed by atoms with Crippen molar-refractivity contribution in [3.8, 4) is 0 Å². The number of esters is 1. The lowest BCUT2D eigenvalue weighted by Crippen LogP contribution is -2.24. The number of aliphatic hydroxyl groups excluding tert-OH is 2. The number of nitrogens with one attached hydrogen (secondary N) is 1. The highest BCUT2D eigenvalue weighted by molar-refractivity contribution is 5.95. The Balaban J connectivity index is 2.08. The second-order valence-electron chi connectivity index (χ2n) is 7.54. The maximum atomic E-state index is 11.6. The van der Waals surface area contributed by atoms with Crippen LogP contribution in [0.25, 0.3) is 0 Å². The van der Waals surface area contributed by atoms with Crippen molar-refractivity contribution in [1.29, 1.82) is 0 Å². The number of carbonyl (C=O) groups excluding carboxylic acids is 2. The van der Waals surface area contributed by atoms with Crippen molar-refractivity contribution in [2.45, 2.75) is 103 Å². The molecular weight excluding hydrogens is 358 g/mol. The van der Waals surface area contributed by atoms with Gasteiger partial charge in [-0.2, -0.15) is 0 Å². The number of hydrogen-bond donors (Lipinski definition) is 3. The van der Waals surface area contributed by atoms with Crippen LogP contribution in [0, 0.1) is 0 Å². The van der Waals surface area contributed by atoms with E-state index in [4.69, 9.17) is 4.74 Å². The number of cyclic esters (lactones) is 1. The van der Waals surface area contributed by atoms with Crippen LogP contribution in [-0.4, -0.2) is 40.4 Å². The van der Waals surface area contributed by atoms with Crippen molar-refractivity contribution in [2.75, 3.05) is 0 Å². The molecule has 1 aliphatic rings. The molecule has 0 saturated heterocycles. The largest absolute Gasteiger partial charge is 0.450 e. The van der Waals surface area contributed by atoms with Gasteiger partial charge in [-0.05, 0) is 31.8 Å². The number of unbranched alkanes of at least 4 members (excludes halogenated alkanes) is 7. The van der Waals surface area contributed by atoms with E-state index in [1.807, 2.05) is 6.08 Å². The van der Waals surface area contributed by atoms with Crippen LogP contribution in [-0.2, 0) is 14.3 Å². The second kappa shape index (κ2) is 14.4. The van der Waals surface area contributed by atoms with Crippen molar-refractivity contribution < 1.29 is 24.5 Å². The quantitative estimate of drug-likeness (QED) is 0.224. The van der Waals surface area contributed by atoms with E-state index in [2.05, 4.69) is 12.2 Å². The third-order valence-corrected chi connectivity index (χ3v) is 4.82. The number of aliphatic hydroxyl groups is 2. The Kier molecular flexibility index (Phi) is 12.5. The Labute approximate surface area is 169 Å². The predicted molar refractivity (Wildman–Crippen MR) is 109 cm³/mol. The van der Waals surface area contributed by atoms with E-state index in [1.165, 1.54) is 32.3 Å². The molecule has 28 heavy (non-hydrogen) atoms. The number of hydrogen-bond acceptors (Lipinski definition) is 5. The van der Waals surface area contributed by atoms with Gasteiger partial charge in [0.1, 0.15) is 11.8 Å². The number of amides is 1. The average molecular weight is 396 g/mol. The third-order valence-electron chi connectivity index (χ3n) is 4.82. The molecule has 0 radical (unpaired) electrons. The van der Waals surface area contributed by atoms with E-state index in [0.717, 1.165) is 51.4 Å². The molecule has 3 N–H and O–H groups in total. The van der Waals surface area contributed by atoms with Crippen LogP contribution in [0.15, 0.2) is 23.9 Å². The topological polar surface area (TPSA) is 95.9 Å². The Bertz CT molecular complexity index is 529. The summed E-state index contributed by atoms with van der Waals surface area (Å²) in [6.07, 6.45) is 14.9. The molecule has 1 aliphatic heterocycles. The molecule has 0 aliphatic carbocycles. The van der Waals surface area contributed by atoms with Gasteiger partial charge in [-0.1, -0.05) is 64.0 Å². The Morgan fingerprint density at radius 3 is 2.43 bits per heavy atom. The van der Waals surface area contributed by atoms with Gasteiger partial charge in [0.15, 0.2) is 6.10 Å². The van der Waals surface area contributed by atoms with Crippen LogP contribution < -0.4 is 5.32 Å². The fraction of sp³-hybridized carbons (Fsp3) is 0.727. The summed E-state index contributed by atoms with van der Waals surface area (Å²) in [6.45, 7) is 3.50. The Morgan fingerprint density at radius 2 is 1.79 bits per heavy atom. The highest BCUT2D eigenvalue weighted by atomic mass is 16.6. The summed E-state index contributed by atoms with van der Waals surface area (Å²) >= 11 is 0. The number of rotatable bonds is 15. The smallest absolute Gasteiger partial charge is 0.355 e. The monoisotopic (exact) mass is 395 g/mol. The molecule has 1 unspecified atom stereocenters. The van der Waals surface area contributed by atoms with Crippen LogP contribution in [0.3, 0.4) is 0 Å². The first kappa shape index (κ1) is 24.4. The molecule has 0 fully saturated rings. The van der Waals surface area contributed by atoms with Crippen molar-refractivity contribution in [3.05, 3.63) is 23.9 Å². The first-order chi connectivity index (χ1) is 13.4. The minimum atomic E-state index is -0.918. The number of carbonyl (C=O) groups is 2. The van der Waals surface area contributed by atoms with Crippen molar-refractivity contribution in [1.82, 2.24) is 5.32 Å². The van der Waals surface area contributed by atoms with Crippen LogP contribution >= 0.6 is 0 Å². The Hall–Kier alpha value is -1.66. The van der Waals surface area contributed by atoms with Gasteiger partial charge in [0.25, 0.3) is 0 Å². The summed E-state index contributed by atoms with van der Waals surface area (Å²) < 4.78 is 5.04. The summed E-state index contributed by atoms with van der Waals surface area (Å²) in [5.41, 5.74) is 0.0810. The van der Waals surface area contributed by atoms with Gasteiger partial charge < -0.3 is 20.3 Å². The zero-order valence-corrected chi connectivity index (χ0v) is 17.4. The lowest BCUT2D eigenvalue weighted by Gasteiger charge is -2.11. The van der Waals surface area contributed by atoms with E-state index < -0.39 is 18.2 Å². The highest BCUT2D eigenvalue weighted by Gasteiger charge is 2.30.